The largest absolute Gasteiger partial charge is 0.347 e. The van der Waals surface area contributed by atoms with Crippen LogP contribution in [0.1, 0.15) is 25.7 Å². The molecule has 0 atom stereocenters. The highest BCUT2D eigenvalue weighted by Crippen LogP contribution is 2.28. The summed E-state index contributed by atoms with van der Waals surface area (Å²) in [6.07, 6.45) is 7.40. The van der Waals surface area contributed by atoms with E-state index in [1.54, 1.807) is 6.07 Å². The monoisotopic (exact) mass is 217 g/mol. The Bertz CT molecular complexity index is 494. The number of nitrogens with zero attached hydrogens (tertiary/aromatic N) is 1. The lowest BCUT2D eigenvalue weighted by molar-refractivity contribution is 0.466. The van der Waals surface area contributed by atoms with Gasteiger partial charge < -0.3 is 4.57 Å². The van der Waals surface area contributed by atoms with Crippen LogP contribution in [0.2, 0.25) is 0 Å². The summed E-state index contributed by atoms with van der Waals surface area (Å²) >= 11 is 0. The van der Waals surface area contributed by atoms with Crippen molar-refractivity contribution >= 4 is 10.9 Å². The highest BCUT2D eigenvalue weighted by molar-refractivity contribution is 5.80. The topological polar surface area (TPSA) is 4.93 Å². The number of benzene rings is 1. The molecule has 1 heterocycles. The van der Waals surface area contributed by atoms with Gasteiger partial charge in [-0.1, -0.05) is 18.9 Å². The van der Waals surface area contributed by atoms with Crippen molar-refractivity contribution in [3.05, 3.63) is 36.3 Å². The van der Waals surface area contributed by atoms with Crippen LogP contribution < -0.4 is 0 Å². The number of aromatic nitrogens is 1. The fourth-order valence-electron chi connectivity index (χ4n) is 2.82. The molecule has 1 aliphatic carbocycles. The normalized spacial score (nSPS) is 17.3. The molecule has 1 nitrogen and oxygen atoms in total. The van der Waals surface area contributed by atoms with Crippen LogP contribution in [0.3, 0.4) is 0 Å². The summed E-state index contributed by atoms with van der Waals surface area (Å²) in [7, 11) is 0. The lowest BCUT2D eigenvalue weighted by atomic mass is 10.1. The number of fused-ring (bicyclic) bond motifs is 1. The first-order valence-corrected chi connectivity index (χ1v) is 6.08. The molecule has 0 aliphatic heterocycles. The molecule has 2 aromatic rings. The number of halogens is 1. The van der Waals surface area contributed by atoms with Gasteiger partial charge in [0.25, 0.3) is 0 Å². The summed E-state index contributed by atoms with van der Waals surface area (Å²) in [6, 6.07) is 7.22. The van der Waals surface area contributed by atoms with E-state index >= 15 is 0 Å². The van der Waals surface area contributed by atoms with Crippen molar-refractivity contribution in [3.8, 4) is 0 Å². The summed E-state index contributed by atoms with van der Waals surface area (Å²) in [6.45, 7) is 1.05. The average molecular weight is 217 g/mol. The van der Waals surface area contributed by atoms with Gasteiger partial charge in [-0.3, -0.25) is 0 Å². The van der Waals surface area contributed by atoms with Crippen molar-refractivity contribution in [1.29, 1.82) is 0 Å². The average Bonchev–Trinajstić information content (AvgIpc) is 2.90. The van der Waals surface area contributed by atoms with Gasteiger partial charge in [-0.2, -0.15) is 0 Å². The van der Waals surface area contributed by atoms with E-state index in [0.717, 1.165) is 23.4 Å². The summed E-state index contributed by atoms with van der Waals surface area (Å²) < 4.78 is 15.7. The molecule has 2 heteroatoms. The van der Waals surface area contributed by atoms with E-state index in [1.165, 1.54) is 31.7 Å². The predicted octanol–water partition coefficient (Wildman–Crippen LogP) is 3.97. The van der Waals surface area contributed by atoms with E-state index in [2.05, 4.69) is 4.57 Å². The van der Waals surface area contributed by atoms with Gasteiger partial charge in [-0.25, -0.2) is 4.39 Å². The summed E-state index contributed by atoms with van der Waals surface area (Å²) in [5.74, 6) is 0.682. The Morgan fingerprint density at radius 3 is 2.81 bits per heavy atom. The number of hydrogen-bond donors (Lipinski definition) is 0. The van der Waals surface area contributed by atoms with Crippen molar-refractivity contribution in [3.63, 3.8) is 0 Å². The minimum absolute atomic E-state index is 0.109. The molecule has 1 fully saturated rings. The van der Waals surface area contributed by atoms with Crippen molar-refractivity contribution in [2.24, 2.45) is 5.92 Å². The molecule has 84 valence electrons. The minimum atomic E-state index is -0.109. The Labute approximate surface area is 94.9 Å². The summed E-state index contributed by atoms with van der Waals surface area (Å²) in [5, 5.41) is 0.750. The Balaban J connectivity index is 1.94. The third-order valence-electron chi connectivity index (χ3n) is 3.69. The molecule has 1 saturated carbocycles. The van der Waals surface area contributed by atoms with Gasteiger partial charge >= 0.3 is 0 Å². The second-order valence-corrected chi connectivity index (χ2v) is 4.79. The van der Waals surface area contributed by atoms with E-state index in [4.69, 9.17) is 0 Å². The molecule has 1 aromatic heterocycles. The highest BCUT2D eigenvalue weighted by Gasteiger charge is 2.16. The molecule has 1 aliphatic rings. The summed E-state index contributed by atoms with van der Waals surface area (Å²) in [5.41, 5.74) is 1.03. The van der Waals surface area contributed by atoms with Crippen LogP contribution in [0.15, 0.2) is 30.5 Å². The Morgan fingerprint density at radius 1 is 1.19 bits per heavy atom. The first-order valence-electron chi connectivity index (χ1n) is 6.08. The first-order chi connectivity index (χ1) is 7.84. The van der Waals surface area contributed by atoms with Crippen LogP contribution in [-0.4, -0.2) is 4.57 Å². The van der Waals surface area contributed by atoms with Crippen LogP contribution in [0.25, 0.3) is 10.9 Å². The maximum Gasteiger partial charge on any atom is 0.132 e. The first kappa shape index (κ1) is 9.88. The molecular formula is C14H16FN. The fourth-order valence-corrected chi connectivity index (χ4v) is 2.82. The SMILES string of the molecule is Fc1cccc2c1ccn2CC1CCCC1. The molecule has 0 saturated heterocycles. The predicted molar refractivity (Wildman–Crippen MR) is 63.9 cm³/mol. The van der Waals surface area contributed by atoms with Gasteiger partial charge in [-0.15, -0.1) is 0 Å². The van der Waals surface area contributed by atoms with E-state index < -0.39 is 0 Å². The quantitative estimate of drug-likeness (QED) is 0.717. The third kappa shape index (κ3) is 1.62. The van der Waals surface area contributed by atoms with Crippen LogP contribution in [0.5, 0.6) is 0 Å². The van der Waals surface area contributed by atoms with E-state index in [9.17, 15) is 4.39 Å². The molecule has 0 spiro atoms. The summed E-state index contributed by atoms with van der Waals surface area (Å²) in [4.78, 5) is 0. The molecule has 0 bridgehead atoms. The standard InChI is InChI=1S/C14H16FN/c15-13-6-3-7-14-12(13)8-9-16(14)10-11-4-1-2-5-11/h3,6-9,11H,1-2,4-5,10H2. The lowest BCUT2D eigenvalue weighted by Crippen LogP contribution is -2.05. The Kier molecular flexibility index (Phi) is 2.43. The number of rotatable bonds is 2. The maximum atomic E-state index is 13.5. The van der Waals surface area contributed by atoms with Crippen LogP contribution in [0.4, 0.5) is 4.39 Å². The zero-order valence-corrected chi connectivity index (χ0v) is 9.32. The van der Waals surface area contributed by atoms with E-state index in [-0.39, 0.29) is 5.82 Å². The Morgan fingerprint density at radius 2 is 2.00 bits per heavy atom. The van der Waals surface area contributed by atoms with E-state index in [0.29, 0.717) is 0 Å². The van der Waals surface area contributed by atoms with Crippen molar-refractivity contribution in [2.75, 3.05) is 0 Å². The molecule has 0 amide bonds. The number of hydrogen-bond acceptors (Lipinski definition) is 0. The second kappa shape index (κ2) is 3.93. The van der Waals surface area contributed by atoms with Gasteiger partial charge in [0.2, 0.25) is 0 Å². The van der Waals surface area contributed by atoms with Crippen LogP contribution >= 0.6 is 0 Å². The van der Waals surface area contributed by atoms with E-state index in [1.807, 2.05) is 18.3 Å². The Hall–Kier alpha value is -1.31. The van der Waals surface area contributed by atoms with Gasteiger partial charge in [0.15, 0.2) is 0 Å². The molecule has 3 rings (SSSR count). The van der Waals surface area contributed by atoms with Gasteiger partial charge in [0.05, 0.1) is 5.52 Å². The lowest BCUT2D eigenvalue weighted by Gasteiger charge is -2.11. The fraction of sp³-hybridized carbons (Fsp3) is 0.429. The third-order valence-corrected chi connectivity index (χ3v) is 3.69. The second-order valence-electron chi connectivity index (χ2n) is 4.79. The molecular weight excluding hydrogens is 201 g/mol. The molecule has 0 unspecified atom stereocenters. The zero-order chi connectivity index (χ0) is 11.0. The van der Waals surface area contributed by atoms with Gasteiger partial charge in [0, 0.05) is 18.1 Å². The zero-order valence-electron chi connectivity index (χ0n) is 9.32. The van der Waals surface area contributed by atoms with Crippen molar-refractivity contribution in [1.82, 2.24) is 4.57 Å². The molecule has 0 N–H and O–H groups in total. The highest BCUT2D eigenvalue weighted by atomic mass is 19.1. The smallest absolute Gasteiger partial charge is 0.132 e. The van der Waals surface area contributed by atoms with Crippen LogP contribution in [0, 0.1) is 11.7 Å². The van der Waals surface area contributed by atoms with Crippen molar-refractivity contribution in [2.45, 2.75) is 32.2 Å². The van der Waals surface area contributed by atoms with Gasteiger partial charge in [0.1, 0.15) is 5.82 Å². The molecule has 1 aromatic carbocycles. The molecule has 16 heavy (non-hydrogen) atoms. The van der Waals surface area contributed by atoms with Crippen LogP contribution in [-0.2, 0) is 6.54 Å². The maximum absolute atomic E-state index is 13.5. The van der Waals surface area contributed by atoms with Gasteiger partial charge in [-0.05, 0) is 37.0 Å². The molecule has 0 radical (unpaired) electrons. The minimum Gasteiger partial charge on any atom is -0.347 e. The van der Waals surface area contributed by atoms with Crippen molar-refractivity contribution < 1.29 is 4.39 Å².